The fourth-order valence-corrected chi connectivity index (χ4v) is 6.56. The molecule has 1 aliphatic heterocycles. The Hall–Kier alpha value is -0.770. The number of hydrogen-bond donors (Lipinski definition) is 0. The van der Waals surface area contributed by atoms with E-state index in [1.54, 1.807) is 13.8 Å². The van der Waals surface area contributed by atoms with Crippen LogP contribution in [-0.2, 0) is 3.74 Å². The largest absolute Gasteiger partial charge is 0.468 e. The Labute approximate surface area is 129 Å². The predicted octanol–water partition coefficient (Wildman–Crippen LogP) is 1.60. The van der Waals surface area contributed by atoms with E-state index in [4.69, 9.17) is 0 Å². The van der Waals surface area contributed by atoms with Gasteiger partial charge in [0.2, 0.25) is 0 Å². The molecule has 1 unspecified atom stereocenters. The third-order valence-corrected chi connectivity index (χ3v) is 7.06. The highest BCUT2D eigenvalue weighted by Gasteiger charge is 2.67. The van der Waals surface area contributed by atoms with Crippen molar-refractivity contribution in [1.29, 1.82) is 0 Å². The lowest BCUT2D eigenvalue weighted by Gasteiger charge is -2.35. The second-order valence-electron chi connectivity index (χ2n) is 5.19. The lowest BCUT2D eigenvalue weighted by Crippen LogP contribution is -2.61. The maximum Gasteiger partial charge on any atom is 0.468 e. The topological polar surface area (TPSA) is 78.4 Å². The molecule has 0 aliphatic carbocycles. The van der Waals surface area contributed by atoms with Gasteiger partial charge in [-0.1, -0.05) is 32.0 Å². The molecule has 0 bridgehead atoms. The van der Waals surface area contributed by atoms with Gasteiger partial charge in [-0.25, -0.2) is 0 Å². The molecular weight excluding hydrogens is 345 g/mol. The lowest BCUT2D eigenvalue weighted by molar-refractivity contribution is -1.91. The van der Waals surface area contributed by atoms with Gasteiger partial charge in [0.1, 0.15) is 3.74 Å². The second-order valence-corrected chi connectivity index (χ2v) is 8.99. The van der Waals surface area contributed by atoms with E-state index in [0.717, 1.165) is 6.07 Å². The molecule has 0 saturated carbocycles. The van der Waals surface area contributed by atoms with Crippen LogP contribution in [0.25, 0.3) is 6.08 Å². The molecule has 0 aromatic heterocycles. The highest BCUT2D eigenvalue weighted by atomic mass is 35.7. The van der Waals surface area contributed by atoms with E-state index in [1.807, 2.05) is 0 Å². The fourth-order valence-electron chi connectivity index (χ4n) is 2.34. The van der Waals surface area contributed by atoms with Gasteiger partial charge in [0.25, 0.3) is 0 Å². The Morgan fingerprint density at radius 3 is 2.27 bits per heavy atom. The molecule has 0 fully saturated rings. The Balaban J connectivity index is 2.68. The van der Waals surface area contributed by atoms with Gasteiger partial charge in [-0.2, -0.15) is 27.1 Å². The molecule has 22 heavy (non-hydrogen) atoms. The summed E-state index contributed by atoms with van der Waals surface area (Å²) in [6.07, 6.45) is 1.26. The van der Waals surface area contributed by atoms with Gasteiger partial charge in [-0.15, -0.1) is 0 Å². The van der Waals surface area contributed by atoms with Crippen LogP contribution in [0.5, 0.6) is 0 Å². The standard InChI is InChI=1S/C13H14ClF3O4S/c1-9(2)7-11-8-10-5-3-4-6-12(10)22(11,13(15,16)17)21-14(18,19)20/h3-6,8-9H,7H2,1-2H3. The molecule has 1 aliphatic rings. The number of halogens is 4. The third kappa shape index (κ3) is 3.12. The van der Waals surface area contributed by atoms with E-state index in [-0.39, 0.29) is 27.7 Å². The number of allylic oxidation sites excluding steroid dienone is 1. The summed E-state index contributed by atoms with van der Waals surface area (Å²) in [5.41, 5.74) is -4.78. The molecule has 1 atom stereocenters. The molecule has 0 amide bonds. The van der Waals surface area contributed by atoms with Crippen molar-refractivity contribution in [3.05, 3.63) is 34.7 Å². The molecule has 0 N–H and O–H groups in total. The quantitative estimate of drug-likeness (QED) is 0.819. The van der Waals surface area contributed by atoms with Crippen molar-refractivity contribution >= 4 is 16.4 Å². The maximum atomic E-state index is 13.8. The fraction of sp³-hybridized carbons (Fsp3) is 0.385. The van der Waals surface area contributed by atoms with Crippen LogP contribution in [0.2, 0.25) is 0 Å². The van der Waals surface area contributed by atoms with Crippen LogP contribution >= 0.6 is 10.3 Å². The van der Waals surface area contributed by atoms with Crippen LogP contribution in [0.4, 0.5) is 13.2 Å². The predicted molar refractivity (Wildman–Crippen MR) is 66.9 cm³/mol. The second kappa shape index (κ2) is 5.70. The van der Waals surface area contributed by atoms with Crippen LogP contribution in [0.15, 0.2) is 34.1 Å². The molecule has 2 rings (SSSR count). The normalized spacial score (nSPS) is 24.9. The van der Waals surface area contributed by atoms with Gasteiger partial charge in [0.15, 0.2) is 10.3 Å². The first-order chi connectivity index (χ1) is 9.97. The van der Waals surface area contributed by atoms with E-state index in [9.17, 15) is 27.1 Å². The van der Waals surface area contributed by atoms with Crippen molar-refractivity contribution in [1.82, 2.24) is 0 Å². The van der Waals surface area contributed by atoms with E-state index in [0.29, 0.717) is 0 Å². The minimum absolute atomic E-state index is 0.0193. The van der Waals surface area contributed by atoms with Crippen LogP contribution in [0.1, 0.15) is 25.8 Å². The minimum atomic E-state index is -5.23. The first-order valence-electron chi connectivity index (χ1n) is 6.28. The zero-order chi connectivity index (χ0) is 16.8. The van der Waals surface area contributed by atoms with Crippen LogP contribution in [0.3, 0.4) is 0 Å². The summed E-state index contributed by atoms with van der Waals surface area (Å²) in [6, 6.07) is 5.49. The Kier molecular flexibility index (Phi) is 4.55. The summed E-state index contributed by atoms with van der Waals surface area (Å²) < 4.78 is 78.4. The first-order valence-corrected chi connectivity index (χ1v) is 9.08. The maximum absolute atomic E-state index is 13.8. The number of benzene rings is 1. The molecule has 1 aromatic carbocycles. The smallest absolute Gasteiger partial charge is 0.182 e. The molecule has 1 aromatic rings. The zero-order valence-corrected chi connectivity index (χ0v) is 13.3. The van der Waals surface area contributed by atoms with Crippen molar-refractivity contribution in [3.63, 3.8) is 0 Å². The van der Waals surface area contributed by atoms with Crippen molar-refractivity contribution < 1.29 is 41.1 Å². The summed E-state index contributed by atoms with van der Waals surface area (Å²) in [5, 5.41) is 0. The average molecular weight is 359 g/mol. The average Bonchev–Trinajstić information content (AvgIpc) is 2.61. The molecule has 4 nitrogen and oxygen atoms in total. The summed E-state index contributed by atoms with van der Waals surface area (Å²) in [5.74, 6) is -0.163. The molecule has 9 heteroatoms. The Bertz CT molecular complexity index is 598. The summed E-state index contributed by atoms with van der Waals surface area (Å²) in [7, 11) is -9.61. The van der Waals surface area contributed by atoms with Crippen LogP contribution < -0.4 is 14.0 Å². The third-order valence-electron chi connectivity index (χ3n) is 3.02. The van der Waals surface area contributed by atoms with Crippen molar-refractivity contribution in [3.8, 4) is 0 Å². The number of hydrogen-bond acceptors (Lipinski definition) is 4. The van der Waals surface area contributed by atoms with Gasteiger partial charge in [0, 0.05) is 9.80 Å². The highest BCUT2D eigenvalue weighted by molar-refractivity contribution is 8.34. The highest BCUT2D eigenvalue weighted by Crippen LogP contribution is 2.78. The van der Waals surface area contributed by atoms with E-state index >= 15 is 0 Å². The van der Waals surface area contributed by atoms with E-state index < -0.39 is 26.1 Å². The molecule has 0 saturated heterocycles. The minimum Gasteiger partial charge on any atom is -0.182 e. The van der Waals surface area contributed by atoms with Gasteiger partial charge in [0.05, 0.1) is 10.2 Å². The molecule has 0 spiro atoms. The van der Waals surface area contributed by atoms with Gasteiger partial charge in [-0.05, 0) is 30.0 Å². The molecular formula is C13H14ClF3O4S. The number of fused-ring (bicyclic) bond motifs is 1. The summed E-state index contributed by atoms with van der Waals surface area (Å²) in [4.78, 5) is -0.506. The first kappa shape index (κ1) is 17.6. The monoisotopic (exact) mass is 358 g/mol. The van der Waals surface area contributed by atoms with Gasteiger partial charge in [-0.3, -0.25) is 0 Å². The molecule has 124 valence electrons. The molecule has 1 heterocycles. The SMILES string of the molecule is CC(C)CC1=Cc2ccccc2S1(O[Cl+3]([O-])([O-])[O-])C(F)(F)F. The van der Waals surface area contributed by atoms with Crippen molar-refractivity contribution in [2.45, 2.75) is 30.7 Å². The van der Waals surface area contributed by atoms with Crippen molar-refractivity contribution in [2.75, 3.05) is 0 Å². The van der Waals surface area contributed by atoms with E-state index in [1.165, 1.54) is 24.3 Å². The van der Waals surface area contributed by atoms with Crippen LogP contribution in [-0.4, -0.2) is 5.51 Å². The van der Waals surface area contributed by atoms with Crippen LogP contribution in [0, 0.1) is 16.2 Å². The lowest BCUT2D eigenvalue weighted by atomic mass is 10.1. The Morgan fingerprint density at radius 2 is 1.77 bits per heavy atom. The number of rotatable bonds is 4. The Morgan fingerprint density at radius 1 is 1.18 bits per heavy atom. The molecule has 0 radical (unpaired) electrons. The van der Waals surface area contributed by atoms with Crippen molar-refractivity contribution in [2.24, 2.45) is 5.92 Å². The van der Waals surface area contributed by atoms with E-state index in [2.05, 4.69) is 3.74 Å². The summed E-state index contributed by atoms with van der Waals surface area (Å²) >= 11 is 0. The zero-order valence-electron chi connectivity index (χ0n) is 11.7. The van der Waals surface area contributed by atoms with Gasteiger partial charge >= 0.3 is 5.51 Å². The number of alkyl halides is 3. The summed E-state index contributed by atoms with van der Waals surface area (Å²) in [6.45, 7) is 3.40. The van der Waals surface area contributed by atoms with Gasteiger partial charge < -0.3 is 0 Å².